The smallest absolute Gasteiger partial charge is 0.227 e. The standard InChI is InChI=1S/C24H27N3O2/c1-2-20(18-10-5-3-6-11-18)21-14-9-17-27(21)23(28)16-15-22-25-24(26-29-22)19-12-7-4-8-13-19/h3-8,10-13,20-21H,2,9,14-17H2,1H3. The van der Waals surface area contributed by atoms with E-state index < -0.39 is 0 Å². The van der Waals surface area contributed by atoms with Gasteiger partial charge in [-0.25, -0.2) is 0 Å². The minimum atomic E-state index is 0.182. The van der Waals surface area contributed by atoms with Crippen LogP contribution in [-0.2, 0) is 11.2 Å². The van der Waals surface area contributed by atoms with Crippen molar-refractivity contribution in [2.45, 2.75) is 51.0 Å². The number of hydrogen-bond donors (Lipinski definition) is 0. The van der Waals surface area contributed by atoms with Crippen LogP contribution in [0.5, 0.6) is 0 Å². The van der Waals surface area contributed by atoms with Gasteiger partial charge in [0.15, 0.2) is 0 Å². The van der Waals surface area contributed by atoms with Crippen molar-refractivity contribution < 1.29 is 9.32 Å². The third-order valence-corrected chi connectivity index (χ3v) is 5.80. The Bertz CT molecular complexity index is 924. The van der Waals surface area contributed by atoms with Gasteiger partial charge in [-0.3, -0.25) is 4.79 Å². The van der Waals surface area contributed by atoms with E-state index in [1.165, 1.54) is 5.56 Å². The van der Waals surface area contributed by atoms with Crippen LogP contribution in [0.3, 0.4) is 0 Å². The van der Waals surface area contributed by atoms with Crippen molar-refractivity contribution >= 4 is 5.91 Å². The molecule has 0 N–H and O–H groups in total. The Morgan fingerprint density at radius 3 is 2.59 bits per heavy atom. The zero-order valence-electron chi connectivity index (χ0n) is 16.8. The van der Waals surface area contributed by atoms with Crippen molar-refractivity contribution in [2.75, 3.05) is 6.54 Å². The maximum atomic E-state index is 13.0. The molecule has 2 unspecified atom stereocenters. The predicted octanol–water partition coefficient (Wildman–Crippen LogP) is 4.85. The number of hydrogen-bond acceptors (Lipinski definition) is 4. The highest BCUT2D eigenvalue weighted by Gasteiger charge is 2.34. The molecule has 0 bridgehead atoms. The first-order valence-electron chi connectivity index (χ1n) is 10.5. The van der Waals surface area contributed by atoms with Crippen LogP contribution in [-0.4, -0.2) is 33.5 Å². The number of carbonyl (C=O) groups excluding carboxylic acids is 1. The second kappa shape index (κ2) is 9.03. The monoisotopic (exact) mass is 389 g/mol. The van der Waals surface area contributed by atoms with Crippen LogP contribution in [0.4, 0.5) is 0 Å². The topological polar surface area (TPSA) is 59.2 Å². The number of aryl methyl sites for hydroxylation is 1. The van der Waals surface area contributed by atoms with Crippen molar-refractivity contribution in [1.82, 2.24) is 15.0 Å². The lowest BCUT2D eigenvalue weighted by atomic mass is 9.87. The Morgan fingerprint density at radius 1 is 1.14 bits per heavy atom. The van der Waals surface area contributed by atoms with Crippen LogP contribution in [0.15, 0.2) is 65.2 Å². The maximum Gasteiger partial charge on any atom is 0.227 e. The van der Waals surface area contributed by atoms with Gasteiger partial charge >= 0.3 is 0 Å². The highest BCUT2D eigenvalue weighted by molar-refractivity contribution is 5.77. The molecule has 0 saturated carbocycles. The third-order valence-electron chi connectivity index (χ3n) is 5.80. The summed E-state index contributed by atoms with van der Waals surface area (Å²) in [5, 5.41) is 4.05. The van der Waals surface area contributed by atoms with Gasteiger partial charge in [-0.15, -0.1) is 0 Å². The lowest BCUT2D eigenvalue weighted by Gasteiger charge is -2.31. The summed E-state index contributed by atoms with van der Waals surface area (Å²) in [6.07, 6.45) is 4.04. The molecule has 2 atom stereocenters. The predicted molar refractivity (Wildman–Crippen MR) is 112 cm³/mol. The van der Waals surface area contributed by atoms with Gasteiger partial charge in [0, 0.05) is 36.9 Å². The highest BCUT2D eigenvalue weighted by Crippen LogP contribution is 2.34. The van der Waals surface area contributed by atoms with Crippen LogP contribution >= 0.6 is 0 Å². The molecule has 4 rings (SSSR count). The molecule has 1 saturated heterocycles. The van der Waals surface area contributed by atoms with Gasteiger partial charge in [0.2, 0.25) is 17.6 Å². The Morgan fingerprint density at radius 2 is 1.86 bits per heavy atom. The molecule has 1 aliphatic heterocycles. The fraction of sp³-hybridized carbons (Fsp3) is 0.375. The van der Waals surface area contributed by atoms with E-state index in [1.807, 2.05) is 36.4 Å². The average Bonchev–Trinajstić information content (AvgIpc) is 3.44. The number of nitrogens with zero attached hydrogens (tertiary/aromatic N) is 3. The lowest BCUT2D eigenvalue weighted by molar-refractivity contribution is -0.132. The van der Waals surface area contributed by atoms with E-state index in [-0.39, 0.29) is 11.9 Å². The summed E-state index contributed by atoms with van der Waals surface area (Å²) in [5.41, 5.74) is 2.24. The van der Waals surface area contributed by atoms with Gasteiger partial charge in [0.25, 0.3) is 0 Å². The molecular formula is C24H27N3O2. The summed E-state index contributed by atoms with van der Waals surface area (Å²) in [5.74, 6) is 1.65. The molecule has 1 aromatic heterocycles. The minimum absolute atomic E-state index is 0.182. The van der Waals surface area contributed by atoms with E-state index >= 15 is 0 Å². The summed E-state index contributed by atoms with van der Waals surface area (Å²) in [6.45, 7) is 3.05. The Kier molecular flexibility index (Phi) is 6.03. The number of likely N-dealkylation sites (tertiary alicyclic amines) is 1. The summed E-state index contributed by atoms with van der Waals surface area (Å²) >= 11 is 0. The molecule has 0 aliphatic carbocycles. The average molecular weight is 389 g/mol. The van der Waals surface area contributed by atoms with Gasteiger partial charge in [0.05, 0.1) is 0 Å². The maximum absolute atomic E-state index is 13.0. The minimum Gasteiger partial charge on any atom is -0.339 e. The van der Waals surface area contributed by atoms with Crippen molar-refractivity contribution in [1.29, 1.82) is 0 Å². The third kappa shape index (κ3) is 4.39. The molecule has 0 spiro atoms. The molecule has 2 aromatic carbocycles. The molecule has 5 heteroatoms. The molecule has 1 aliphatic rings. The van der Waals surface area contributed by atoms with Crippen LogP contribution < -0.4 is 0 Å². The van der Waals surface area contributed by atoms with Gasteiger partial charge in [0.1, 0.15) is 0 Å². The summed E-state index contributed by atoms with van der Waals surface area (Å²) in [4.78, 5) is 19.5. The Labute approximate surface area is 171 Å². The number of amides is 1. The van der Waals surface area contributed by atoms with Crippen LogP contribution in [0, 0.1) is 0 Å². The fourth-order valence-corrected chi connectivity index (χ4v) is 4.37. The quantitative estimate of drug-likeness (QED) is 0.579. The van der Waals surface area contributed by atoms with Crippen LogP contribution in [0.1, 0.15) is 50.0 Å². The molecule has 150 valence electrons. The van der Waals surface area contributed by atoms with E-state index in [1.54, 1.807) is 0 Å². The molecule has 5 nitrogen and oxygen atoms in total. The zero-order chi connectivity index (χ0) is 20.1. The van der Waals surface area contributed by atoms with Crippen LogP contribution in [0.2, 0.25) is 0 Å². The van der Waals surface area contributed by atoms with Crippen molar-refractivity contribution in [3.63, 3.8) is 0 Å². The van der Waals surface area contributed by atoms with E-state index in [9.17, 15) is 4.79 Å². The molecule has 1 fully saturated rings. The van der Waals surface area contributed by atoms with Gasteiger partial charge in [-0.05, 0) is 24.8 Å². The molecule has 29 heavy (non-hydrogen) atoms. The summed E-state index contributed by atoms with van der Waals surface area (Å²) < 4.78 is 5.37. The second-order valence-corrected chi connectivity index (χ2v) is 7.60. The molecular weight excluding hydrogens is 362 g/mol. The van der Waals surface area contributed by atoms with Gasteiger partial charge in [-0.1, -0.05) is 72.7 Å². The second-order valence-electron chi connectivity index (χ2n) is 7.60. The number of carbonyl (C=O) groups is 1. The summed E-state index contributed by atoms with van der Waals surface area (Å²) in [6, 6.07) is 20.6. The summed E-state index contributed by atoms with van der Waals surface area (Å²) in [7, 11) is 0. The molecule has 2 heterocycles. The van der Waals surface area contributed by atoms with Crippen molar-refractivity contribution in [3.05, 3.63) is 72.1 Å². The van der Waals surface area contributed by atoms with E-state index in [4.69, 9.17) is 4.52 Å². The van der Waals surface area contributed by atoms with Crippen molar-refractivity contribution in [3.8, 4) is 11.4 Å². The Balaban J connectivity index is 1.40. The number of aromatic nitrogens is 2. The van der Waals surface area contributed by atoms with Crippen molar-refractivity contribution in [2.24, 2.45) is 0 Å². The normalized spacial score (nSPS) is 17.4. The first-order chi connectivity index (χ1) is 14.3. The molecule has 0 radical (unpaired) electrons. The van der Waals surface area contributed by atoms with Crippen LogP contribution in [0.25, 0.3) is 11.4 Å². The largest absolute Gasteiger partial charge is 0.339 e. The zero-order valence-corrected chi connectivity index (χ0v) is 16.8. The Hall–Kier alpha value is -2.95. The SMILES string of the molecule is CCC(c1ccccc1)C1CCCN1C(=O)CCc1nc(-c2ccccc2)no1. The molecule has 3 aromatic rings. The molecule has 1 amide bonds. The first-order valence-corrected chi connectivity index (χ1v) is 10.5. The highest BCUT2D eigenvalue weighted by atomic mass is 16.5. The first kappa shape index (κ1) is 19.4. The fourth-order valence-electron chi connectivity index (χ4n) is 4.37. The lowest BCUT2D eigenvalue weighted by Crippen LogP contribution is -2.39. The van der Waals surface area contributed by atoms with E-state index in [0.717, 1.165) is 31.4 Å². The number of rotatable bonds is 7. The van der Waals surface area contributed by atoms with Gasteiger partial charge in [-0.2, -0.15) is 4.98 Å². The van der Waals surface area contributed by atoms with Gasteiger partial charge < -0.3 is 9.42 Å². The number of benzene rings is 2. The van der Waals surface area contributed by atoms with E-state index in [2.05, 4.69) is 46.2 Å². The van der Waals surface area contributed by atoms with E-state index in [0.29, 0.717) is 30.5 Å².